The van der Waals surface area contributed by atoms with Crippen molar-refractivity contribution in [1.29, 1.82) is 0 Å². The first-order valence-electron chi connectivity index (χ1n) is 6.20. The molecule has 2 nitrogen and oxygen atoms in total. The molecule has 0 aromatic rings. The highest BCUT2D eigenvalue weighted by Gasteiger charge is 2.29. The summed E-state index contributed by atoms with van der Waals surface area (Å²) in [6, 6.07) is 0. The summed E-state index contributed by atoms with van der Waals surface area (Å²) in [6.07, 6.45) is 2.67. The molecule has 0 spiro atoms. The van der Waals surface area contributed by atoms with E-state index in [0.29, 0.717) is 5.41 Å². The van der Waals surface area contributed by atoms with Gasteiger partial charge in [-0.05, 0) is 51.1 Å². The van der Waals surface area contributed by atoms with Gasteiger partial charge in [0, 0.05) is 12.1 Å². The molecular weight excluding hydrogens is 184 g/mol. The van der Waals surface area contributed by atoms with Crippen LogP contribution in [0.5, 0.6) is 0 Å². The van der Waals surface area contributed by atoms with E-state index in [1.54, 1.807) is 0 Å². The van der Waals surface area contributed by atoms with Crippen molar-refractivity contribution in [3.05, 3.63) is 0 Å². The standard InChI is InChI=1S/C13H28N2/c1-12(2,3)11-6-8-15(9-7-11)10-13(4,5)14/h11H,6-10,14H2,1-5H3. The van der Waals surface area contributed by atoms with Crippen LogP contribution >= 0.6 is 0 Å². The molecule has 0 amide bonds. The molecule has 0 unspecified atom stereocenters. The summed E-state index contributed by atoms with van der Waals surface area (Å²) in [5.41, 5.74) is 6.47. The van der Waals surface area contributed by atoms with Crippen LogP contribution in [0.3, 0.4) is 0 Å². The lowest BCUT2D eigenvalue weighted by Gasteiger charge is -2.40. The van der Waals surface area contributed by atoms with E-state index in [1.165, 1.54) is 25.9 Å². The molecule has 1 rings (SSSR count). The Morgan fingerprint density at radius 3 is 1.87 bits per heavy atom. The van der Waals surface area contributed by atoms with Crippen LogP contribution in [0.2, 0.25) is 0 Å². The second kappa shape index (κ2) is 4.42. The van der Waals surface area contributed by atoms with Gasteiger partial charge in [-0.25, -0.2) is 0 Å². The molecule has 0 saturated carbocycles. The highest BCUT2D eigenvalue weighted by Crippen LogP contribution is 2.34. The molecule has 1 saturated heterocycles. The predicted octanol–water partition coefficient (Wildman–Crippen LogP) is 2.48. The molecule has 0 radical (unpaired) electrons. The van der Waals surface area contributed by atoms with Gasteiger partial charge in [-0.3, -0.25) is 0 Å². The SMILES string of the molecule is CC(C)(N)CN1CCC(C(C)(C)C)CC1. The molecule has 1 heterocycles. The first-order chi connectivity index (χ1) is 6.68. The number of hydrogen-bond donors (Lipinski definition) is 1. The summed E-state index contributed by atoms with van der Waals surface area (Å²) < 4.78 is 0. The van der Waals surface area contributed by atoms with Gasteiger partial charge in [0.1, 0.15) is 0 Å². The Balaban J connectivity index is 2.37. The highest BCUT2D eigenvalue weighted by atomic mass is 15.1. The molecule has 1 aliphatic rings. The highest BCUT2D eigenvalue weighted by molar-refractivity contribution is 4.84. The molecule has 2 heteroatoms. The normalized spacial score (nSPS) is 22.0. The maximum absolute atomic E-state index is 6.05. The van der Waals surface area contributed by atoms with Gasteiger partial charge in [-0.2, -0.15) is 0 Å². The molecule has 0 aliphatic carbocycles. The number of nitrogens with two attached hydrogens (primary N) is 1. The Labute approximate surface area is 95.2 Å². The zero-order valence-electron chi connectivity index (χ0n) is 11.1. The van der Waals surface area contributed by atoms with Gasteiger partial charge >= 0.3 is 0 Å². The lowest BCUT2D eigenvalue weighted by atomic mass is 9.75. The van der Waals surface area contributed by atoms with Gasteiger partial charge in [-0.1, -0.05) is 20.8 Å². The molecule has 0 aromatic heterocycles. The summed E-state index contributed by atoms with van der Waals surface area (Å²) in [5.74, 6) is 0.884. The van der Waals surface area contributed by atoms with Crippen molar-refractivity contribution in [3.63, 3.8) is 0 Å². The van der Waals surface area contributed by atoms with Gasteiger partial charge in [0.15, 0.2) is 0 Å². The van der Waals surface area contributed by atoms with Crippen LogP contribution in [-0.4, -0.2) is 30.1 Å². The predicted molar refractivity (Wildman–Crippen MR) is 66.9 cm³/mol. The maximum Gasteiger partial charge on any atom is 0.0226 e. The Bertz CT molecular complexity index is 190. The minimum Gasteiger partial charge on any atom is -0.324 e. The van der Waals surface area contributed by atoms with E-state index in [0.717, 1.165) is 12.5 Å². The average molecular weight is 212 g/mol. The fourth-order valence-electron chi connectivity index (χ4n) is 2.53. The number of nitrogens with zero attached hydrogens (tertiary/aromatic N) is 1. The second-order valence-corrected chi connectivity index (χ2v) is 6.91. The van der Waals surface area contributed by atoms with Crippen LogP contribution in [0.4, 0.5) is 0 Å². The van der Waals surface area contributed by atoms with E-state index >= 15 is 0 Å². The number of likely N-dealkylation sites (tertiary alicyclic amines) is 1. The number of hydrogen-bond acceptors (Lipinski definition) is 2. The van der Waals surface area contributed by atoms with Gasteiger partial charge < -0.3 is 10.6 Å². The minimum absolute atomic E-state index is 0.0471. The Hall–Kier alpha value is -0.0800. The maximum atomic E-state index is 6.05. The Morgan fingerprint density at radius 2 is 1.53 bits per heavy atom. The fourth-order valence-corrected chi connectivity index (χ4v) is 2.53. The smallest absolute Gasteiger partial charge is 0.0226 e. The number of rotatable bonds is 2. The third-order valence-corrected chi connectivity index (χ3v) is 3.44. The van der Waals surface area contributed by atoms with Crippen LogP contribution in [0, 0.1) is 11.3 Å². The number of piperidine rings is 1. The van der Waals surface area contributed by atoms with Gasteiger partial charge in [0.25, 0.3) is 0 Å². The zero-order chi connectivity index (χ0) is 11.7. The zero-order valence-corrected chi connectivity index (χ0v) is 11.1. The van der Waals surface area contributed by atoms with Crippen molar-refractivity contribution in [2.24, 2.45) is 17.1 Å². The fraction of sp³-hybridized carbons (Fsp3) is 1.00. The van der Waals surface area contributed by atoms with Crippen molar-refractivity contribution >= 4 is 0 Å². The van der Waals surface area contributed by atoms with E-state index in [4.69, 9.17) is 5.73 Å². The largest absolute Gasteiger partial charge is 0.324 e. The first-order valence-corrected chi connectivity index (χ1v) is 6.20. The van der Waals surface area contributed by atoms with Crippen molar-refractivity contribution in [2.75, 3.05) is 19.6 Å². The molecule has 15 heavy (non-hydrogen) atoms. The lowest BCUT2D eigenvalue weighted by Crippen LogP contribution is -2.48. The van der Waals surface area contributed by atoms with Crippen LogP contribution in [-0.2, 0) is 0 Å². The molecule has 2 N–H and O–H groups in total. The molecular formula is C13H28N2. The van der Waals surface area contributed by atoms with E-state index in [1.807, 2.05) is 0 Å². The van der Waals surface area contributed by atoms with Crippen molar-refractivity contribution in [3.8, 4) is 0 Å². The van der Waals surface area contributed by atoms with Crippen LogP contribution in [0.1, 0.15) is 47.5 Å². The topological polar surface area (TPSA) is 29.3 Å². The minimum atomic E-state index is -0.0471. The summed E-state index contributed by atoms with van der Waals surface area (Å²) in [6.45, 7) is 14.8. The van der Waals surface area contributed by atoms with Gasteiger partial charge in [0.2, 0.25) is 0 Å². The molecule has 90 valence electrons. The van der Waals surface area contributed by atoms with Crippen LogP contribution in [0.25, 0.3) is 0 Å². The molecule has 1 aliphatic heterocycles. The Morgan fingerprint density at radius 1 is 1.07 bits per heavy atom. The summed E-state index contributed by atoms with van der Waals surface area (Å²) in [7, 11) is 0. The Kier molecular flexibility index (Phi) is 3.83. The van der Waals surface area contributed by atoms with Crippen LogP contribution < -0.4 is 5.73 Å². The molecule has 0 bridgehead atoms. The molecule has 0 aromatic carbocycles. The van der Waals surface area contributed by atoms with Crippen LogP contribution in [0.15, 0.2) is 0 Å². The monoisotopic (exact) mass is 212 g/mol. The quantitative estimate of drug-likeness (QED) is 0.762. The first kappa shape index (κ1) is 13.0. The summed E-state index contributed by atoms with van der Waals surface area (Å²) in [5, 5.41) is 0. The summed E-state index contributed by atoms with van der Waals surface area (Å²) in [4.78, 5) is 2.52. The summed E-state index contributed by atoms with van der Waals surface area (Å²) >= 11 is 0. The molecule has 0 atom stereocenters. The van der Waals surface area contributed by atoms with E-state index < -0.39 is 0 Å². The average Bonchev–Trinajstić information content (AvgIpc) is 2.00. The van der Waals surface area contributed by atoms with Crippen molar-refractivity contribution in [2.45, 2.75) is 53.0 Å². The van der Waals surface area contributed by atoms with Gasteiger partial charge in [0.05, 0.1) is 0 Å². The van der Waals surface area contributed by atoms with Crippen molar-refractivity contribution < 1.29 is 0 Å². The van der Waals surface area contributed by atoms with Crippen molar-refractivity contribution in [1.82, 2.24) is 4.90 Å². The lowest BCUT2D eigenvalue weighted by molar-refractivity contribution is 0.1000. The van der Waals surface area contributed by atoms with Gasteiger partial charge in [-0.15, -0.1) is 0 Å². The second-order valence-electron chi connectivity index (χ2n) is 6.91. The van der Waals surface area contributed by atoms with E-state index in [2.05, 4.69) is 39.5 Å². The third kappa shape index (κ3) is 4.52. The third-order valence-electron chi connectivity index (χ3n) is 3.44. The molecule has 1 fully saturated rings. The van der Waals surface area contributed by atoms with E-state index in [9.17, 15) is 0 Å². The van der Waals surface area contributed by atoms with E-state index in [-0.39, 0.29) is 5.54 Å².